The van der Waals surface area contributed by atoms with E-state index < -0.39 is 0 Å². The van der Waals surface area contributed by atoms with Gasteiger partial charge in [0, 0.05) is 30.9 Å². The highest BCUT2D eigenvalue weighted by molar-refractivity contribution is 5.69. The lowest BCUT2D eigenvalue weighted by Gasteiger charge is -2.12. The maximum absolute atomic E-state index is 11.4. The molecule has 0 saturated carbocycles. The van der Waals surface area contributed by atoms with E-state index in [2.05, 4.69) is 10.9 Å². The Kier molecular flexibility index (Phi) is 5.83. The molecule has 1 N–H and O–H groups in total. The van der Waals surface area contributed by atoms with E-state index in [4.69, 9.17) is 15.9 Å². The first kappa shape index (κ1) is 15.0. The Hall–Kier alpha value is -2.06. The topological polar surface area (TPSA) is 68.7 Å². The molecule has 0 aliphatic carbocycles. The fraction of sp³-hybridized carbons (Fsp3) is 0.429. The van der Waals surface area contributed by atoms with Crippen LogP contribution in [0.15, 0.2) is 6.20 Å². The highest BCUT2D eigenvalue weighted by atomic mass is 16.5. The summed E-state index contributed by atoms with van der Waals surface area (Å²) in [6.07, 6.45) is 7.16. The van der Waals surface area contributed by atoms with Gasteiger partial charge in [-0.3, -0.25) is 9.78 Å². The van der Waals surface area contributed by atoms with Gasteiger partial charge in [0.25, 0.3) is 0 Å². The lowest BCUT2D eigenvalue weighted by molar-refractivity contribution is -0.144. The van der Waals surface area contributed by atoms with Gasteiger partial charge < -0.3 is 14.6 Å². The average molecular weight is 263 g/mol. The third-order valence-electron chi connectivity index (χ3n) is 2.58. The van der Waals surface area contributed by atoms with Gasteiger partial charge in [-0.1, -0.05) is 0 Å². The van der Waals surface area contributed by atoms with Gasteiger partial charge in [0.2, 0.25) is 0 Å². The molecule has 0 fully saturated rings. The number of hydrogen-bond donors (Lipinski definition) is 1. The fourth-order valence-electron chi connectivity index (χ4n) is 1.52. The Labute approximate surface area is 112 Å². The van der Waals surface area contributed by atoms with Crippen LogP contribution >= 0.6 is 0 Å². The quantitative estimate of drug-likeness (QED) is 0.625. The Morgan fingerprint density at radius 2 is 2.26 bits per heavy atom. The zero-order valence-electron chi connectivity index (χ0n) is 11.1. The Morgan fingerprint density at radius 3 is 2.89 bits per heavy atom. The van der Waals surface area contributed by atoms with Crippen molar-refractivity contribution >= 4 is 5.97 Å². The maximum Gasteiger partial charge on any atom is 0.307 e. The summed E-state index contributed by atoms with van der Waals surface area (Å²) in [5.41, 5.74) is 1.72. The van der Waals surface area contributed by atoms with Crippen LogP contribution in [0.1, 0.15) is 29.7 Å². The summed E-state index contributed by atoms with van der Waals surface area (Å²) in [5, 5.41) is 9.91. The largest absolute Gasteiger partial charge is 0.506 e. The highest BCUT2D eigenvalue weighted by Gasteiger charge is 2.13. The Balaban J connectivity index is 2.75. The molecule has 5 nitrogen and oxygen atoms in total. The second-order valence-corrected chi connectivity index (χ2v) is 3.99. The molecular weight excluding hydrogens is 246 g/mol. The minimum absolute atomic E-state index is 0.0446. The van der Waals surface area contributed by atoms with Crippen LogP contribution in [0.2, 0.25) is 0 Å². The molecule has 0 aliphatic heterocycles. The Bertz CT molecular complexity index is 491. The minimum atomic E-state index is -0.374. The molecule has 1 aromatic rings. The second-order valence-electron chi connectivity index (χ2n) is 3.99. The number of ether oxygens (including phenoxy) is 2. The predicted molar refractivity (Wildman–Crippen MR) is 69.2 cm³/mol. The van der Waals surface area contributed by atoms with Crippen LogP contribution in [0, 0.1) is 19.3 Å². The number of carbonyl (C=O) groups is 1. The Morgan fingerprint density at radius 1 is 1.53 bits per heavy atom. The van der Waals surface area contributed by atoms with Gasteiger partial charge >= 0.3 is 5.97 Å². The van der Waals surface area contributed by atoms with Crippen molar-refractivity contribution in [3.63, 3.8) is 0 Å². The molecule has 0 spiro atoms. The molecule has 0 saturated heterocycles. The van der Waals surface area contributed by atoms with Crippen LogP contribution in [0.5, 0.6) is 5.75 Å². The smallest absolute Gasteiger partial charge is 0.307 e. The lowest BCUT2D eigenvalue weighted by atomic mass is 10.1. The summed E-state index contributed by atoms with van der Waals surface area (Å²) in [5.74, 6) is 2.07. The van der Waals surface area contributed by atoms with E-state index >= 15 is 0 Å². The van der Waals surface area contributed by atoms with Crippen LogP contribution in [-0.2, 0) is 27.5 Å². The summed E-state index contributed by atoms with van der Waals surface area (Å²) in [7, 11) is 1.53. The molecule has 0 atom stereocenters. The number of nitrogens with zero attached hydrogens (tertiary/aromatic N) is 1. The number of hydrogen-bond acceptors (Lipinski definition) is 5. The van der Waals surface area contributed by atoms with E-state index in [0.717, 1.165) is 0 Å². The van der Waals surface area contributed by atoms with Crippen LogP contribution in [0.3, 0.4) is 0 Å². The monoisotopic (exact) mass is 263 g/mol. The molecule has 5 heteroatoms. The van der Waals surface area contributed by atoms with Gasteiger partial charge in [0.05, 0.1) is 18.7 Å². The van der Waals surface area contributed by atoms with Gasteiger partial charge in [-0.15, -0.1) is 12.3 Å². The van der Waals surface area contributed by atoms with Gasteiger partial charge in [0.15, 0.2) is 0 Å². The number of pyridine rings is 1. The fourth-order valence-corrected chi connectivity index (χ4v) is 1.52. The van der Waals surface area contributed by atoms with Gasteiger partial charge in [-0.05, 0) is 6.92 Å². The molecule has 19 heavy (non-hydrogen) atoms. The number of aryl methyl sites for hydroxylation is 1. The first-order chi connectivity index (χ1) is 9.10. The lowest BCUT2D eigenvalue weighted by Crippen LogP contribution is -2.07. The van der Waals surface area contributed by atoms with Gasteiger partial charge in [0.1, 0.15) is 12.4 Å². The number of methoxy groups -OCH3 is 1. The minimum Gasteiger partial charge on any atom is -0.506 e. The molecule has 0 radical (unpaired) electrons. The first-order valence-corrected chi connectivity index (χ1v) is 5.84. The number of aromatic nitrogens is 1. The van der Waals surface area contributed by atoms with E-state index in [1.165, 1.54) is 7.11 Å². The van der Waals surface area contributed by atoms with Crippen molar-refractivity contribution in [3.05, 3.63) is 23.0 Å². The molecular formula is C14H17NO4. The SMILES string of the molecule is C#CCCC(=O)OCc1cnc(C)c(O)c1COC. The van der Waals surface area contributed by atoms with Crippen molar-refractivity contribution in [2.75, 3.05) is 7.11 Å². The molecule has 1 heterocycles. The number of carbonyl (C=O) groups excluding carboxylic acids is 1. The van der Waals surface area contributed by atoms with Crippen LogP contribution < -0.4 is 0 Å². The molecule has 0 aliphatic rings. The van der Waals surface area contributed by atoms with Crippen LogP contribution in [-0.4, -0.2) is 23.2 Å². The summed E-state index contributed by atoms with van der Waals surface area (Å²) >= 11 is 0. The van der Waals surface area contributed by atoms with E-state index in [1.54, 1.807) is 13.1 Å². The van der Waals surface area contributed by atoms with E-state index in [1.807, 2.05) is 0 Å². The molecule has 0 aromatic carbocycles. The van der Waals surface area contributed by atoms with Crippen LogP contribution in [0.4, 0.5) is 0 Å². The van der Waals surface area contributed by atoms with Gasteiger partial charge in [-0.25, -0.2) is 0 Å². The number of esters is 1. The van der Waals surface area contributed by atoms with Crippen molar-refractivity contribution in [2.45, 2.75) is 33.0 Å². The van der Waals surface area contributed by atoms with E-state index in [9.17, 15) is 9.90 Å². The molecule has 0 amide bonds. The van der Waals surface area contributed by atoms with Crippen LogP contribution in [0.25, 0.3) is 0 Å². The zero-order chi connectivity index (χ0) is 14.3. The number of terminal acetylenes is 1. The molecule has 1 rings (SSSR count). The number of aromatic hydroxyl groups is 1. The number of rotatable bonds is 6. The summed E-state index contributed by atoms with van der Waals surface area (Å²) < 4.78 is 10.1. The molecule has 0 unspecified atom stereocenters. The van der Waals surface area contributed by atoms with E-state index in [-0.39, 0.29) is 31.4 Å². The molecule has 0 bridgehead atoms. The first-order valence-electron chi connectivity index (χ1n) is 5.84. The highest BCUT2D eigenvalue weighted by Crippen LogP contribution is 2.25. The third kappa shape index (κ3) is 4.27. The van der Waals surface area contributed by atoms with Gasteiger partial charge in [-0.2, -0.15) is 0 Å². The standard InChI is InChI=1S/C14H17NO4/c1-4-5-6-13(16)19-8-11-7-15-10(2)14(17)12(11)9-18-3/h1,7,17H,5-6,8-9H2,2-3H3. The second kappa shape index (κ2) is 7.39. The normalized spacial score (nSPS) is 9.95. The van der Waals surface area contributed by atoms with E-state index in [0.29, 0.717) is 23.2 Å². The van der Waals surface area contributed by atoms with Crippen molar-refractivity contribution in [3.8, 4) is 18.1 Å². The van der Waals surface area contributed by atoms with Crippen molar-refractivity contribution in [1.29, 1.82) is 0 Å². The average Bonchev–Trinajstić information content (AvgIpc) is 2.41. The van der Waals surface area contributed by atoms with Crippen molar-refractivity contribution < 1.29 is 19.4 Å². The van der Waals surface area contributed by atoms with Crippen molar-refractivity contribution in [2.24, 2.45) is 0 Å². The molecule has 1 aromatic heterocycles. The summed E-state index contributed by atoms with van der Waals surface area (Å²) in [6.45, 7) is 1.96. The predicted octanol–water partition coefficient (Wildman–Crippen LogP) is 1.70. The third-order valence-corrected chi connectivity index (χ3v) is 2.58. The van der Waals surface area contributed by atoms with Crippen molar-refractivity contribution in [1.82, 2.24) is 4.98 Å². The summed E-state index contributed by atoms with van der Waals surface area (Å²) in [4.78, 5) is 15.4. The maximum atomic E-state index is 11.4. The summed E-state index contributed by atoms with van der Waals surface area (Å²) in [6, 6.07) is 0. The molecule has 102 valence electrons. The zero-order valence-corrected chi connectivity index (χ0v) is 11.1.